The molecule has 7 nitrogen and oxygen atoms in total. The Balaban J connectivity index is 2.10. The third kappa shape index (κ3) is 4.39. The van der Waals surface area contributed by atoms with Crippen molar-refractivity contribution in [1.29, 1.82) is 0 Å². The lowest BCUT2D eigenvalue weighted by molar-refractivity contribution is -0.140. The Morgan fingerprint density at radius 2 is 2.04 bits per heavy atom. The molecule has 1 heterocycles. The van der Waals surface area contributed by atoms with Gasteiger partial charge in [-0.15, -0.1) is 11.8 Å². The molecule has 2 rings (SSSR count). The minimum Gasteiger partial charge on any atom is -0.480 e. The van der Waals surface area contributed by atoms with Crippen LogP contribution in [0.25, 0.3) is 0 Å². The summed E-state index contributed by atoms with van der Waals surface area (Å²) in [5, 5.41) is 10.8. The Hall–Kier alpha value is -2.35. The number of rotatable bonds is 6. The van der Waals surface area contributed by atoms with Gasteiger partial charge in [0.05, 0.1) is 10.9 Å². The number of anilines is 1. The van der Waals surface area contributed by atoms with Gasteiger partial charge in [-0.1, -0.05) is 17.7 Å². The average Bonchev–Trinajstić information content (AvgIpc) is 2.78. The van der Waals surface area contributed by atoms with E-state index in [4.69, 9.17) is 5.11 Å². The number of hydrogen-bond donors (Lipinski definition) is 2. The van der Waals surface area contributed by atoms with E-state index in [1.807, 2.05) is 26.0 Å². The van der Waals surface area contributed by atoms with Gasteiger partial charge in [-0.25, -0.2) is 9.69 Å². The SMILES string of the molecule is CC(=O)N[C@@H](CS[C@H]1CC(=O)N(c2ccc(C)cc2C)C1=O)C(=O)O. The fraction of sp³-hybridized carbons (Fsp3) is 0.412. The molecule has 0 aliphatic carbocycles. The summed E-state index contributed by atoms with van der Waals surface area (Å²) in [5.74, 6) is -2.28. The number of hydrogen-bond acceptors (Lipinski definition) is 5. The lowest BCUT2D eigenvalue weighted by Gasteiger charge is -2.18. The van der Waals surface area contributed by atoms with Crippen molar-refractivity contribution in [3.05, 3.63) is 29.3 Å². The normalized spacial score (nSPS) is 18.4. The molecular weight excluding hydrogens is 344 g/mol. The van der Waals surface area contributed by atoms with Gasteiger partial charge in [0.25, 0.3) is 0 Å². The van der Waals surface area contributed by atoms with Crippen LogP contribution in [0, 0.1) is 13.8 Å². The number of imide groups is 1. The monoisotopic (exact) mass is 364 g/mol. The number of aliphatic carboxylic acids is 1. The number of carbonyl (C=O) groups is 4. The lowest BCUT2D eigenvalue weighted by atomic mass is 10.1. The van der Waals surface area contributed by atoms with Crippen LogP contribution in [0.5, 0.6) is 0 Å². The van der Waals surface area contributed by atoms with E-state index in [9.17, 15) is 19.2 Å². The molecule has 1 aromatic rings. The number of nitrogens with zero attached hydrogens (tertiary/aromatic N) is 1. The van der Waals surface area contributed by atoms with Crippen molar-refractivity contribution in [1.82, 2.24) is 5.32 Å². The van der Waals surface area contributed by atoms with Crippen LogP contribution in [0.4, 0.5) is 5.69 Å². The molecule has 1 aliphatic rings. The maximum Gasteiger partial charge on any atom is 0.327 e. The van der Waals surface area contributed by atoms with Crippen LogP contribution in [-0.2, 0) is 19.2 Å². The molecule has 0 radical (unpaired) electrons. The number of thioether (sulfide) groups is 1. The standard InChI is InChI=1S/C17H20N2O5S/c1-9-4-5-13(10(2)6-9)19-15(21)7-14(16(19)22)25-8-12(17(23)24)18-11(3)20/h4-6,12,14H,7-8H2,1-3H3,(H,18,20)(H,23,24)/t12-,14-/m0/s1. The minimum atomic E-state index is -1.18. The second-order valence-corrected chi connectivity index (χ2v) is 7.21. The molecule has 8 heteroatoms. The molecule has 1 saturated heterocycles. The molecule has 1 aromatic carbocycles. The van der Waals surface area contributed by atoms with Crippen LogP contribution in [0.3, 0.4) is 0 Å². The highest BCUT2D eigenvalue weighted by molar-refractivity contribution is 8.00. The number of aryl methyl sites for hydroxylation is 2. The molecule has 0 saturated carbocycles. The van der Waals surface area contributed by atoms with Crippen molar-refractivity contribution in [3.63, 3.8) is 0 Å². The first-order valence-corrected chi connectivity index (χ1v) is 8.81. The predicted molar refractivity (Wildman–Crippen MR) is 94.5 cm³/mol. The summed E-state index contributed by atoms with van der Waals surface area (Å²) in [4.78, 5) is 48.3. The van der Waals surface area contributed by atoms with E-state index in [-0.39, 0.29) is 24.0 Å². The third-order valence-corrected chi connectivity index (χ3v) is 5.13. The summed E-state index contributed by atoms with van der Waals surface area (Å²) < 4.78 is 0. The molecule has 0 bridgehead atoms. The molecule has 1 fully saturated rings. The van der Waals surface area contributed by atoms with Crippen molar-refractivity contribution in [3.8, 4) is 0 Å². The smallest absolute Gasteiger partial charge is 0.327 e. The van der Waals surface area contributed by atoms with E-state index in [0.29, 0.717) is 5.69 Å². The molecular formula is C17H20N2O5S. The van der Waals surface area contributed by atoms with Crippen LogP contribution in [0.15, 0.2) is 18.2 Å². The second kappa shape index (κ2) is 7.69. The maximum atomic E-state index is 12.6. The Kier molecular flexibility index (Phi) is 5.84. The van der Waals surface area contributed by atoms with E-state index < -0.39 is 23.2 Å². The fourth-order valence-electron chi connectivity index (χ4n) is 2.68. The van der Waals surface area contributed by atoms with Gasteiger partial charge < -0.3 is 10.4 Å². The summed E-state index contributed by atoms with van der Waals surface area (Å²) in [6.45, 7) is 4.99. The van der Waals surface area contributed by atoms with E-state index in [1.165, 1.54) is 11.8 Å². The van der Waals surface area contributed by atoms with Crippen molar-refractivity contribution in [2.75, 3.05) is 10.7 Å². The number of nitrogens with one attached hydrogen (secondary N) is 1. The second-order valence-electron chi connectivity index (χ2n) is 5.97. The highest BCUT2D eigenvalue weighted by atomic mass is 32.2. The minimum absolute atomic E-state index is 0.0132. The zero-order valence-electron chi connectivity index (χ0n) is 14.2. The number of carbonyl (C=O) groups excluding carboxylic acids is 3. The summed E-state index contributed by atoms with van der Waals surface area (Å²) >= 11 is 1.07. The van der Waals surface area contributed by atoms with Gasteiger partial charge in [0.2, 0.25) is 17.7 Å². The predicted octanol–water partition coefficient (Wildman–Crippen LogP) is 1.26. The topological polar surface area (TPSA) is 104 Å². The number of amides is 3. The van der Waals surface area contributed by atoms with Crippen LogP contribution < -0.4 is 10.2 Å². The van der Waals surface area contributed by atoms with Gasteiger partial charge in [0.1, 0.15) is 6.04 Å². The molecule has 3 amide bonds. The van der Waals surface area contributed by atoms with Crippen LogP contribution in [0.2, 0.25) is 0 Å². The van der Waals surface area contributed by atoms with Gasteiger partial charge in [-0.05, 0) is 25.5 Å². The van der Waals surface area contributed by atoms with Crippen molar-refractivity contribution >= 4 is 41.1 Å². The van der Waals surface area contributed by atoms with Crippen LogP contribution >= 0.6 is 11.8 Å². The van der Waals surface area contributed by atoms with E-state index in [2.05, 4.69) is 5.32 Å². The summed E-state index contributed by atoms with van der Waals surface area (Å²) in [7, 11) is 0. The van der Waals surface area contributed by atoms with Gasteiger partial charge in [-0.2, -0.15) is 0 Å². The quantitative estimate of drug-likeness (QED) is 0.737. The maximum absolute atomic E-state index is 12.6. The molecule has 134 valence electrons. The fourth-order valence-corrected chi connectivity index (χ4v) is 3.84. The third-order valence-electron chi connectivity index (χ3n) is 3.84. The molecule has 2 N–H and O–H groups in total. The van der Waals surface area contributed by atoms with E-state index in [1.54, 1.807) is 6.07 Å². The largest absolute Gasteiger partial charge is 0.480 e. The first-order chi connectivity index (χ1) is 11.7. The Morgan fingerprint density at radius 3 is 2.60 bits per heavy atom. The van der Waals surface area contributed by atoms with E-state index >= 15 is 0 Å². The van der Waals surface area contributed by atoms with Crippen molar-refractivity contribution < 1.29 is 24.3 Å². The van der Waals surface area contributed by atoms with Gasteiger partial charge >= 0.3 is 5.97 Å². The zero-order valence-corrected chi connectivity index (χ0v) is 15.1. The number of benzene rings is 1. The Morgan fingerprint density at radius 1 is 1.36 bits per heavy atom. The first kappa shape index (κ1) is 19.0. The number of carboxylic acid groups (broad SMARTS) is 1. The lowest BCUT2D eigenvalue weighted by Crippen LogP contribution is -2.42. The summed E-state index contributed by atoms with van der Waals surface area (Å²) in [6.07, 6.45) is 0.0171. The molecule has 1 aliphatic heterocycles. The highest BCUT2D eigenvalue weighted by Crippen LogP contribution is 2.32. The Bertz CT molecular complexity index is 734. The molecule has 0 aromatic heterocycles. The van der Waals surface area contributed by atoms with Crippen LogP contribution in [0.1, 0.15) is 24.5 Å². The first-order valence-electron chi connectivity index (χ1n) is 7.76. The molecule has 2 atom stereocenters. The Labute approximate surface area is 149 Å². The van der Waals surface area contributed by atoms with Gasteiger partial charge in [0.15, 0.2) is 0 Å². The van der Waals surface area contributed by atoms with Gasteiger partial charge in [0, 0.05) is 19.1 Å². The number of carboxylic acids is 1. The molecule has 0 unspecified atom stereocenters. The molecule has 0 spiro atoms. The molecule has 25 heavy (non-hydrogen) atoms. The summed E-state index contributed by atoms with van der Waals surface area (Å²) in [6, 6.07) is 4.37. The van der Waals surface area contributed by atoms with Crippen LogP contribution in [-0.4, -0.2) is 45.8 Å². The summed E-state index contributed by atoms with van der Waals surface area (Å²) in [5.41, 5.74) is 2.42. The highest BCUT2D eigenvalue weighted by Gasteiger charge is 2.41. The van der Waals surface area contributed by atoms with Gasteiger partial charge in [-0.3, -0.25) is 14.4 Å². The zero-order chi connectivity index (χ0) is 18.7. The van der Waals surface area contributed by atoms with E-state index in [0.717, 1.165) is 22.9 Å². The van der Waals surface area contributed by atoms with Crippen molar-refractivity contribution in [2.45, 2.75) is 38.5 Å². The van der Waals surface area contributed by atoms with Crippen molar-refractivity contribution in [2.24, 2.45) is 0 Å². The average molecular weight is 364 g/mol.